The van der Waals surface area contributed by atoms with E-state index in [4.69, 9.17) is 14.5 Å². The first-order valence-corrected chi connectivity index (χ1v) is 21.4. The van der Waals surface area contributed by atoms with Crippen LogP contribution in [0.25, 0.3) is 44.4 Å². The maximum Gasteiger partial charge on any atom is 0.407 e. The van der Waals surface area contributed by atoms with Gasteiger partial charge in [-0.3, -0.25) is 9.59 Å². The van der Waals surface area contributed by atoms with Crippen LogP contribution in [-0.4, -0.2) is 92.8 Å². The minimum absolute atomic E-state index is 0.116. The number of benzene rings is 4. The van der Waals surface area contributed by atoms with Crippen molar-refractivity contribution in [2.75, 3.05) is 33.1 Å². The van der Waals surface area contributed by atoms with Crippen molar-refractivity contribution in [1.82, 2.24) is 40.4 Å². The minimum Gasteiger partial charge on any atom is -0.453 e. The standard InChI is InChI=1S/C46H48N8O6S/c1-27(2)38(51-45(57)59-3)42(55)54-21-22-61-44(54)41-48-25-35(50-41)29-14-12-28(13-15-29)31-16-17-33-24-34(19-18-32(33)23-31)36-26-47-40(49-36)37-11-8-20-53(37)43(56)39(52-46(58)60-4)30-9-6-5-7-10-30/h5-7,9-10,12-19,23-27,37-39,44H,8,11,20-22H2,1-4H3,(H,47,49)(H,48,50)(H,51,57)(H,52,58). The number of methoxy groups -OCH3 is 2. The van der Waals surface area contributed by atoms with Gasteiger partial charge in [0.1, 0.15) is 29.1 Å². The van der Waals surface area contributed by atoms with Gasteiger partial charge in [-0.05, 0) is 63.9 Å². The predicted molar refractivity (Wildman–Crippen MR) is 234 cm³/mol. The Morgan fingerprint density at radius 3 is 2.02 bits per heavy atom. The third kappa shape index (κ3) is 8.69. The highest BCUT2D eigenvalue weighted by Crippen LogP contribution is 2.39. The molecule has 4 heterocycles. The number of likely N-dealkylation sites (tertiary alicyclic amines) is 1. The lowest BCUT2D eigenvalue weighted by atomic mass is 9.98. The number of hydrogen-bond donors (Lipinski definition) is 4. The Bertz CT molecular complexity index is 2540. The molecule has 15 heteroatoms. The predicted octanol–water partition coefficient (Wildman–Crippen LogP) is 8.00. The van der Waals surface area contributed by atoms with Gasteiger partial charge in [0, 0.05) is 24.4 Å². The first kappa shape index (κ1) is 41.1. The summed E-state index contributed by atoms with van der Waals surface area (Å²) in [5, 5.41) is 7.29. The number of amides is 4. The number of aromatic amines is 2. The molecule has 2 fully saturated rings. The lowest BCUT2D eigenvalue weighted by molar-refractivity contribution is -0.135. The molecule has 2 aliphatic rings. The summed E-state index contributed by atoms with van der Waals surface area (Å²) in [5.41, 5.74) is 6.49. The molecule has 4 atom stereocenters. The van der Waals surface area contributed by atoms with Crippen LogP contribution >= 0.6 is 11.8 Å². The third-order valence-electron chi connectivity index (χ3n) is 11.3. The van der Waals surface area contributed by atoms with Gasteiger partial charge in [0.15, 0.2) is 0 Å². The Morgan fingerprint density at radius 1 is 0.705 bits per heavy atom. The fourth-order valence-electron chi connectivity index (χ4n) is 8.09. The van der Waals surface area contributed by atoms with Gasteiger partial charge in [-0.2, -0.15) is 0 Å². The molecule has 4 aromatic carbocycles. The summed E-state index contributed by atoms with van der Waals surface area (Å²) in [6, 6.07) is 28.4. The van der Waals surface area contributed by atoms with Crippen molar-refractivity contribution in [1.29, 1.82) is 0 Å². The number of fused-ring (bicyclic) bond motifs is 1. The van der Waals surface area contributed by atoms with Gasteiger partial charge in [0.05, 0.1) is 44.0 Å². The third-order valence-corrected chi connectivity index (χ3v) is 12.6. The van der Waals surface area contributed by atoms with E-state index >= 15 is 0 Å². The molecule has 0 bridgehead atoms. The second-order valence-corrected chi connectivity index (χ2v) is 16.7. The Morgan fingerprint density at radius 2 is 1.31 bits per heavy atom. The average molecular weight is 841 g/mol. The molecule has 8 rings (SSSR count). The second kappa shape index (κ2) is 17.9. The van der Waals surface area contributed by atoms with Crippen LogP contribution in [0.2, 0.25) is 0 Å². The summed E-state index contributed by atoms with van der Waals surface area (Å²) < 4.78 is 9.60. The number of carbonyl (C=O) groups excluding carboxylic acids is 4. The van der Waals surface area contributed by atoms with E-state index in [-0.39, 0.29) is 29.1 Å². The van der Waals surface area contributed by atoms with E-state index in [0.717, 1.165) is 63.0 Å². The molecule has 61 heavy (non-hydrogen) atoms. The van der Waals surface area contributed by atoms with Crippen LogP contribution in [0.3, 0.4) is 0 Å². The highest BCUT2D eigenvalue weighted by atomic mass is 32.2. The van der Waals surface area contributed by atoms with Gasteiger partial charge in [-0.1, -0.05) is 92.7 Å². The first-order valence-electron chi connectivity index (χ1n) is 20.3. The molecule has 14 nitrogen and oxygen atoms in total. The summed E-state index contributed by atoms with van der Waals surface area (Å²) in [6.07, 6.45) is 3.88. The largest absolute Gasteiger partial charge is 0.453 e. The molecule has 6 aromatic rings. The molecule has 4 unspecified atom stereocenters. The number of nitrogens with zero attached hydrogens (tertiary/aromatic N) is 4. The number of rotatable bonds is 11. The molecular formula is C46H48N8O6S. The van der Waals surface area contributed by atoms with Gasteiger partial charge in [-0.25, -0.2) is 19.6 Å². The summed E-state index contributed by atoms with van der Waals surface area (Å²) in [4.78, 5) is 71.6. The fraction of sp³-hybridized carbons (Fsp3) is 0.304. The van der Waals surface area contributed by atoms with Crippen LogP contribution in [0, 0.1) is 5.92 Å². The van der Waals surface area contributed by atoms with Crippen LogP contribution in [0.5, 0.6) is 0 Å². The van der Waals surface area contributed by atoms with Crippen LogP contribution < -0.4 is 10.6 Å². The summed E-state index contributed by atoms with van der Waals surface area (Å²) in [7, 11) is 2.57. The van der Waals surface area contributed by atoms with Crippen LogP contribution in [0.4, 0.5) is 9.59 Å². The van der Waals surface area contributed by atoms with Gasteiger partial charge < -0.3 is 39.9 Å². The number of ether oxygens (including phenoxy) is 2. The molecule has 2 saturated heterocycles. The van der Waals surface area contributed by atoms with Gasteiger partial charge in [0.2, 0.25) is 5.91 Å². The average Bonchev–Trinajstić information content (AvgIpc) is 4.14. The Kier molecular flexibility index (Phi) is 12.1. The molecule has 0 radical (unpaired) electrons. The van der Waals surface area contributed by atoms with E-state index in [1.807, 2.05) is 50.4 Å². The normalized spacial score (nSPS) is 17.3. The number of nitrogens with one attached hydrogen (secondary N) is 4. The lowest BCUT2D eigenvalue weighted by Crippen LogP contribution is -2.51. The summed E-state index contributed by atoms with van der Waals surface area (Å²) in [5.74, 6) is 1.67. The number of alkyl carbamates (subject to hydrolysis) is 2. The molecule has 0 aliphatic carbocycles. The molecule has 2 aliphatic heterocycles. The van der Waals surface area contributed by atoms with Crippen molar-refractivity contribution in [3.8, 4) is 33.6 Å². The smallest absolute Gasteiger partial charge is 0.407 e. The quantitative estimate of drug-likeness (QED) is 0.101. The highest BCUT2D eigenvalue weighted by molar-refractivity contribution is 7.99. The molecule has 0 spiro atoms. The lowest BCUT2D eigenvalue weighted by Gasteiger charge is -2.29. The fourth-order valence-corrected chi connectivity index (χ4v) is 9.28. The molecule has 4 N–H and O–H groups in total. The maximum atomic E-state index is 13.9. The van der Waals surface area contributed by atoms with Crippen LogP contribution in [0.15, 0.2) is 103 Å². The Balaban J connectivity index is 0.943. The van der Waals surface area contributed by atoms with Crippen molar-refractivity contribution < 1.29 is 28.7 Å². The second-order valence-electron chi connectivity index (χ2n) is 15.5. The molecular weight excluding hydrogens is 793 g/mol. The zero-order chi connectivity index (χ0) is 42.6. The molecule has 314 valence electrons. The topological polar surface area (TPSA) is 175 Å². The van der Waals surface area contributed by atoms with Crippen LogP contribution in [-0.2, 0) is 19.1 Å². The molecule has 4 amide bonds. The van der Waals surface area contributed by atoms with E-state index in [9.17, 15) is 19.2 Å². The number of imidazole rings is 2. The maximum absolute atomic E-state index is 13.9. The number of thioether (sulfide) groups is 1. The van der Waals surface area contributed by atoms with Crippen molar-refractivity contribution in [3.05, 3.63) is 121 Å². The number of carbonyl (C=O) groups is 4. The van der Waals surface area contributed by atoms with E-state index in [1.54, 1.807) is 27.8 Å². The van der Waals surface area contributed by atoms with Crippen molar-refractivity contribution >= 4 is 46.5 Å². The van der Waals surface area contributed by atoms with Crippen molar-refractivity contribution in [2.45, 2.75) is 50.2 Å². The first-order chi connectivity index (χ1) is 29.6. The zero-order valence-corrected chi connectivity index (χ0v) is 35.2. The Labute approximate surface area is 357 Å². The van der Waals surface area contributed by atoms with E-state index in [1.165, 1.54) is 14.2 Å². The van der Waals surface area contributed by atoms with Gasteiger partial charge in [0.25, 0.3) is 5.91 Å². The van der Waals surface area contributed by atoms with E-state index < -0.39 is 24.3 Å². The number of hydrogen-bond acceptors (Lipinski definition) is 9. The zero-order valence-electron chi connectivity index (χ0n) is 34.4. The van der Waals surface area contributed by atoms with Crippen LogP contribution in [0.1, 0.15) is 61.4 Å². The van der Waals surface area contributed by atoms with Crippen molar-refractivity contribution in [3.63, 3.8) is 0 Å². The van der Waals surface area contributed by atoms with Gasteiger partial charge in [-0.15, -0.1) is 11.8 Å². The summed E-state index contributed by atoms with van der Waals surface area (Å²) in [6.45, 7) is 4.90. The SMILES string of the molecule is COC(=O)NC(C(=O)N1CCCC1c1ncc(-c2ccc3cc(-c4ccc(-c5cnc(C6SCCN6C(=O)C(NC(=O)OC)C(C)C)[nH]5)cc4)ccc3c2)[nH]1)c1ccccc1. The number of aromatic nitrogens is 4. The number of H-pyrrole nitrogens is 2. The monoisotopic (exact) mass is 840 g/mol. The van der Waals surface area contributed by atoms with Gasteiger partial charge >= 0.3 is 12.2 Å². The van der Waals surface area contributed by atoms with E-state index in [0.29, 0.717) is 30.3 Å². The Hall–Kier alpha value is -6.61. The van der Waals surface area contributed by atoms with Crippen molar-refractivity contribution in [2.24, 2.45) is 5.92 Å². The minimum atomic E-state index is -0.882. The molecule has 0 saturated carbocycles. The van der Waals surface area contributed by atoms with E-state index in [2.05, 4.69) is 86.2 Å². The summed E-state index contributed by atoms with van der Waals surface area (Å²) >= 11 is 1.64. The molecule has 2 aromatic heterocycles. The highest BCUT2D eigenvalue weighted by Gasteiger charge is 2.39.